The van der Waals surface area contributed by atoms with Crippen molar-refractivity contribution in [3.05, 3.63) is 35.5 Å². The van der Waals surface area contributed by atoms with E-state index in [2.05, 4.69) is 67.1 Å². The molecule has 0 rings (SSSR count). The minimum Gasteiger partial charge on any atom is -0.438 e. The van der Waals surface area contributed by atoms with Crippen LogP contribution in [0, 0.1) is 11.3 Å². The lowest BCUT2D eigenvalue weighted by Gasteiger charge is -2.27. The highest BCUT2D eigenvalue weighted by Crippen LogP contribution is 2.33. The van der Waals surface area contributed by atoms with Crippen LogP contribution < -0.4 is 0 Å². The lowest BCUT2D eigenvalue weighted by molar-refractivity contribution is -0.125. The van der Waals surface area contributed by atoms with Crippen molar-refractivity contribution in [3.63, 3.8) is 0 Å². The standard InChI is InChI=1S/C23H37BrO4/c1-17(2)20(5)12-14-23(6,21(25)15-24)13-11-18(3)9-8-10-19(4)16-28-22(26)27-7/h10-11,17H,5,8-9,12-16H2,1-4,6-7H3/b18-11+,19-10+. The van der Waals surface area contributed by atoms with Gasteiger partial charge in [-0.05, 0) is 57.4 Å². The first-order valence-electron chi connectivity index (χ1n) is 9.84. The van der Waals surface area contributed by atoms with Gasteiger partial charge in [-0.1, -0.05) is 66.6 Å². The average Bonchev–Trinajstić information content (AvgIpc) is 2.67. The monoisotopic (exact) mass is 456 g/mol. The fourth-order valence-corrected chi connectivity index (χ4v) is 3.26. The zero-order valence-electron chi connectivity index (χ0n) is 18.4. The van der Waals surface area contributed by atoms with E-state index >= 15 is 0 Å². The fourth-order valence-electron chi connectivity index (χ4n) is 2.58. The zero-order chi connectivity index (χ0) is 21.7. The van der Waals surface area contributed by atoms with Gasteiger partial charge in [-0.25, -0.2) is 4.79 Å². The summed E-state index contributed by atoms with van der Waals surface area (Å²) in [7, 11) is 1.29. The van der Waals surface area contributed by atoms with E-state index in [1.165, 1.54) is 18.3 Å². The summed E-state index contributed by atoms with van der Waals surface area (Å²) in [5.41, 5.74) is 3.07. The van der Waals surface area contributed by atoms with Gasteiger partial charge in [0, 0.05) is 5.41 Å². The molecule has 0 spiro atoms. The van der Waals surface area contributed by atoms with Crippen LogP contribution in [0.1, 0.15) is 66.7 Å². The number of ether oxygens (including phenoxy) is 2. The van der Waals surface area contributed by atoms with E-state index in [0.29, 0.717) is 11.2 Å². The Morgan fingerprint density at radius 2 is 1.79 bits per heavy atom. The molecule has 4 nitrogen and oxygen atoms in total. The van der Waals surface area contributed by atoms with Crippen molar-refractivity contribution < 1.29 is 19.1 Å². The lowest BCUT2D eigenvalue weighted by atomic mass is 9.76. The Morgan fingerprint density at radius 1 is 1.14 bits per heavy atom. The van der Waals surface area contributed by atoms with Gasteiger partial charge in [-0.3, -0.25) is 4.79 Å². The number of hydrogen-bond donors (Lipinski definition) is 0. The van der Waals surface area contributed by atoms with Gasteiger partial charge in [0.2, 0.25) is 0 Å². The molecule has 0 aromatic heterocycles. The van der Waals surface area contributed by atoms with Crippen LogP contribution in [0.5, 0.6) is 0 Å². The second-order valence-corrected chi connectivity index (χ2v) is 8.58. The average molecular weight is 457 g/mol. The molecule has 0 bridgehead atoms. The van der Waals surface area contributed by atoms with Gasteiger partial charge in [-0.2, -0.15) is 0 Å². The van der Waals surface area contributed by atoms with E-state index in [-0.39, 0.29) is 17.8 Å². The summed E-state index contributed by atoms with van der Waals surface area (Å²) in [5, 5.41) is 0.382. The molecular formula is C23H37BrO4. The van der Waals surface area contributed by atoms with E-state index in [9.17, 15) is 9.59 Å². The summed E-state index contributed by atoms with van der Waals surface area (Å²) in [6.07, 6.45) is 7.80. The van der Waals surface area contributed by atoms with Gasteiger partial charge in [0.15, 0.2) is 0 Å². The smallest absolute Gasteiger partial charge is 0.438 e. The molecule has 0 radical (unpaired) electrons. The Balaban J connectivity index is 4.71. The summed E-state index contributed by atoms with van der Waals surface area (Å²) in [5.74, 6) is 0.683. The van der Waals surface area contributed by atoms with Crippen LogP contribution in [0.25, 0.3) is 0 Å². The predicted molar refractivity (Wildman–Crippen MR) is 120 cm³/mol. The molecule has 0 amide bonds. The Morgan fingerprint density at radius 3 is 2.32 bits per heavy atom. The highest BCUT2D eigenvalue weighted by atomic mass is 79.9. The molecule has 0 aromatic rings. The molecule has 0 saturated carbocycles. The van der Waals surface area contributed by atoms with Crippen molar-refractivity contribution in [1.29, 1.82) is 0 Å². The molecule has 0 aliphatic carbocycles. The SMILES string of the molecule is C=C(CCC(C)(C/C=C(\C)CC/C=C(\C)COC(=O)OC)C(=O)CBr)C(C)C. The zero-order valence-corrected chi connectivity index (χ0v) is 20.0. The molecular weight excluding hydrogens is 420 g/mol. The minimum absolute atomic E-state index is 0.240. The lowest BCUT2D eigenvalue weighted by Crippen LogP contribution is -2.28. The van der Waals surface area contributed by atoms with Gasteiger partial charge < -0.3 is 9.47 Å². The van der Waals surface area contributed by atoms with E-state index in [1.54, 1.807) is 0 Å². The van der Waals surface area contributed by atoms with Crippen LogP contribution in [0.4, 0.5) is 4.79 Å². The van der Waals surface area contributed by atoms with Crippen molar-refractivity contribution in [3.8, 4) is 0 Å². The largest absolute Gasteiger partial charge is 0.508 e. The normalized spacial score (nSPS) is 14.6. The second kappa shape index (κ2) is 13.8. The number of allylic oxidation sites excluding steroid dienone is 4. The van der Waals surface area contributed by atoms with Crippen LogP contribution in [0.2, 0.25) is 0 Å². The van der Waals surface area contributed by atoms with E-state index in [0.717, 1.165) is 37.7 Å². The molecule has 0 N–H and O–H groups in total. The number of carbonyl (C=O) groups is 2. The van der Waals surface area contributed by atoms with Gasteiger partial charge >= 0.3 is 6.16 Å². The molecule has 1 unspecified atom stereocenters. The molecule has 0 heterocycles. The number of rotatable bonds is 13. The van der Waals surface area contributed by atoms with Gasteiger partial charge in [-0.15, -0.1) is 0 Å². The van der Waals surface area contributed by atoms with Gasteiger partial charge in [0.05, 0.1) is 12.4 Å². The highest BCUT2D eigenvalue weighted by Gasteiger charge is 2.30. The van der Waals surface area contributed by atoms with Crippen LogP contribution in [0.3, 0.4) is 0 Å². The fraction of sp³-hybridized carbons (Fsp3) is 0.652. The van der Waals surface area contributed by atoms with E-state index in [4.69, 9.17) is 4.74 Å². The maximum Gasteiger partial charge on any atom is 0.508 e. The quantitative estimate of drug-likeness (QED) is 0.173. The number of methoxy groups -OCH3 is 1. The third kappa shape index (κ3) is 10.8. The van der Waals surface area contributed by atoms with Crippen molar-refractivity contribution in [1.82, 2.24) is 0 Å². The second-order valence-electron chi connectivity index (χ2n) is 8.02. The molecule has 0 aliphatic heterocycles. The third-order valence-electron chi connectivity index (χ3n) is 5.13. The molecule has 0 saturated heterocycles. The molecule has 1 atom stereocenters. The number of carbonyl (C=O) groups excluding carboxylic acids is 2. The van der Waals surface area contributed by atoms with Crippen molar-refractivity contribution in [2.75, 3.05) is 19.0 Å². The summed E-state index contributed by atoms with van der Waals surface area (Å²) >= 11 is 3.34. The molecule has 0 aromatic carbocycles. The Bertz CT molecular complexity index is 589. The number of hydrogen-bond acceptors (Lipinski definition) is 4. The van der Waals surface area contributed by atoms with Crippen LogP contribution in [-0.4, -0.2) is 31.0 Å². The van der Waals surface area contributed by atoms with Gasteiger partial charge in [0.25, 0.3) is 0 Å². The number of Topliss-reactive ketones (excluding diaryl/α,β-unsaturated/α-hetero) is 1. The van der Waals surface area contributed by atoms with E-state index in [1.807, 2.05) is 6.92 Å². The summed E-state index contributed by atoms with van der Waals surface area (Å²) in [4.78, 5) is 23.5. The third-order valence-corrected chi connectivity index (χ3v) is 5.64. The Hall–Kier alpha value is -1.36. The first-order chi connectivity index (χ1) is 13.1. The summed E-state index contributed by atoms with van der Waals surface area (Å²) in [6, 6.07) is 0. The number of ketones is 1. The summed E-state index contributed by atoms with van der Waals surface area (Å²) < 4.78 is 9.36. The van der Waals surface area contributed by atoms with Crippen LogP contribution >= 0.6 is 15.9 Å². The van der Waals surface area contributed by atoms with Crippen molar-refractivity contribution in [2.45, 2.75) is 66.7 Å². The van der Waals surface area contributed by atoms with Crippen molar-refractivity contribution in [2.24, 2.45) is 11.3 Å². The first kappa shape index (κ1) is 26.6. The van der Waals surface area contributed by atoms with Crippen LogP contribution in [0.15, 0.2) is 35.5 Å². The highest BCUT2D eigenvalue weighted by molar-refractivity contribution is 9.09. The van der Waals surface area contributed by atoms with E-state index < -0.39 is 6.16 Å². The maximum atomic E-state index is 12.5. The first-order valence-corrected chi connectivity index (χ1v) is 11.0. The molecule has 5 heteroatoms. The molecule has 0 aliphatic rings. The van der Waals surface area contributed by atoms with Crippen molar-refractivity contribution >= 4 is 27.9 Å². The predicted octanol–water partition coefficient (Wildman–Crippen LogP) is 6.80. The molecule has 160 valence electrons. The maximum absolute atomic E-state index is 12.5. The number of halogens is 1. The van der Waals surface area contributed by atoms with Gasteiger partial charge in [0.1, 0.15) is 12.4 Å². The topological polar surface area (TPSA) is 52.6 Å². The Kier molecular flexibility index (Phi) is 13.1. The Labute approximate surface area is 179 Å². The summed E-state index contributed by atoms with van der Waals surface area (Å²) in [6.45, 7) is 14.7. The molecule has 0 fully saturated rings. The minimum atomic E-state index is -0.667. The molecule has 28 heavy (non-hydrogen) atoms. The number of alkyl halides is 1. The van der Waals surface area contributed by atoms with Crippen LogP contribution in [-0.2, 0) is 14.3 Å².